The van der Waals surface area contributed by atoms with Gasteiger partial charge in [-0.3, -0.25) is 0 Å². The van der Waals surface area contributed by atoms with E-state index in [9.17, 15) is 0 Å². The van der Waals surface area contributed by atoms with E-state index in [-0.39, 0.29) is 6.04 Å². The van der Waals surface area contributed by atoms with Crippen LogP contribution in [0.15, 0.2) is 48.5 Å². The number of anilines is 1. The molecule has 0 spiro atoms. The topological polar surface area (TPSA) is 21.3 Å². The van der Waals surface area contributed by atoms with E-state index in [4.69, 9.17) is 4.74 Å². The van der Waals surface area contributed by atoms with Crippen molar-refractivity contribution in [2.45, 2.75) is 26.8 Å². The van der Waals surface area contributed by atoms with Gasteiger partial charge in [-0.25, -0.2) is 0 Å². The van der Waals surface area contributed by atoms with Crippen LogP contribution < -0.4 is 10.1 Å². The average molecular weight is 255 g/mol. The van der Waals surface area contributed by atoms with Crippen molar-refractivity contribution in [1.29, 1.82) is 0 Å². The quantitative estimate of drug-likeness (QED) is 0.845. The van der Waals surface area contributed by atoms with Gasteiger partial charge in [0.15, 0.2) is 0 Å². The van der Waals surface area contributed by atoms with Crippen LogP contribution in [-0.4, -0.2) is 6.61 Å². The third-order valence-electron chi connectivity index (χ3n) is 3.09. The van der Waals surface area contributed by atoms with E-state index in [0.717, 1.165) is 11.4 Å². The fraction of sp³-hybridized carbons (Fsp3) is 0.294. The summed E-state index contributed by atoms with van der Waals surface area (Å²) in [7, 11) is 0. The summed E-state index contributed by atoms with van der Waals surface area (Å²) in [5.74, 6) is 0.925. The van der Waals surface area contributed by atoms with E-state index in [1.807, 2.05) is 19.1 Å². The number of ether oxygens (including phenoxy) is 1. The van der Waals surface area contributed by atoms with E-state index in [2.05, 4.69) is 55.6 Å². The predicted octanol–water partition coefficient (Wildman–Crippen LogP) is 4.57. The number of nitrogens with one attached hydrogen (secondary N) is 1. The highest BCUT2D eigenvalue weighted by atomic mass is 16.5. The summed E-state index contributed by atoms with van der Waals surface area (Å²) in [4.78, 5) is 0. The van der Waals surface area contributed by atoms with Gasteiger partial charge in [0, 0.05) is 11.7 Å². The Morgan fingerprint density at radius 1 is 1.11 bits per heavy atom. The maximum Gasteiger partial charge on any atom is 0.119 e. The molecular formula is C17H21NO. The smallest absolute Gasteiger partial charge is 0.119 e. The molecule has 0 amide bonds. The summed E-state index contributed by atoms with van der Waals surface area (Å²) < 4.78 is 5.45. The molecule has 0 aromatic heterocycles. The van der Waals surface area contributed by atoms with Gasteiger partial charge >= 0.3 is 0 Å². The van der Waals surface area contributed by atoms with Crippen LogP contribution in [0.4, 0.5) is 5.69 Å². The Kier molecular flexibility index (Phi) is 4.45. The van der Waals surface area contributed by atoms with Crippen molar-refractivity contribution in [3.8, 4) is 5.75 Å². The van der Waals surface area contributed by atoms with Gasteiger partial charge < -0.3 is 10.1 Å². The Morgan fingerprint density at radius 2 is 1.84 bits per heavy atom. The lowest BCUT2D eigenvalue weighted by atomic mass is 10.1. The zero-order valence-corrected chi connectivity index (χ0v) is 11.8. The summed E-state index contributed by atoms with van der Waals surface area (Å²) in [5, 5.41) is 3.51. The first-order valence-corrected chi connectivity index (χ1v) is 6.75. The third-order valence-corrected chi connectivity index (χ3v) is 3.09. The Morgan fingerprint density at radius 3 is 2.47 bits per heavy atom. The third kappa shape index (κ3) is 3.75. The lowest BCUT2D eigenvalue weighted by Crippen LogP contribution is -2.06. The summed E-state index contributed by atoms with van der Waals surface area (Å²) in [5.41, 5.74) is 3.68. The molecule has 0 saturated heterocycles. The summed E-state index contributed by atoms with van der Waals surface area (Å²) in [6.07, 6.45) is 0. The first-order valence-electron chi connectivity index (χ1n) is 6.75. The molecule has 0 heterocycles. The fourth-order valence-electron chi connectivity index (χ4n) is 2.09. The van der Waals surface area contributed by atoms with Crippen LogP contribution in [0.2, 0.25) is 0 Å². The van der Waals surface area contributed by atoms with Crippen molar-refractivity contribution in [1.82, 2.24) is 0 Å². The highest BCUT2D eigenvalue weighted by Gasteiger charge is 2.05. The first kappa shape index (κ1) is 13.5. The Balaban J connectivity index is 2.05. The number of aryl methyl sites for hydroxylation is 1. The van der Waals surface area contributed by atoms with Crippen LogP contribution in [0.3, 0.4) is 0 Å². The van der Waals surface area contributed by atoms with Gasteiger partial charge in [0.1, 0.15) is 5.75 Å². The van der Waals surface area contributed by atoms with Crippen molar-refractivity contribution in [3.05, 3.63) is 59.7 Å². The second-order valence-corrected chi connectivity index (χ2v) is 4.74. The molecular weight excluding hydrogens is 234 g/mol. The van der Waals surface area contributed by atoms with Crippen LogP contribution in [0.5, 0.6) is 5.75 Å². The molecule has 1 unspecified atom stereocenters. The van der Waals surface area contributed by atoms with Crippen molar-refractivity contribution in [2.75, 3.05) is 11.9 Å². The lowest BCUT2D eigenvalue weighted by Gasteiger charge is -2.16. The normalized spacial score (nSPS) is 11.9. The van der Waals surface area contributed by atoms with Gasteiger partial charge in [-0.2, -0.15) is 0 Å². The van der Waals surface area contributed by atoms with Gasteiger partial charge in [0.05, 0.1) is 6.61 Å². The van der Waals surface area contributed by atoms with Crippen molar-refractivity contribution >= 4 is 5.69 Å². The molecule has 2 nitrogen and oxygen atoms in total. The fourth-order valence-corrected chi connectivity index (χ4v) is 2.09. The van der Waals surface area contributed by atoms with E-state index in [1.165, 1.54) is 11.1 Å². The first-order chi connectivity index (χ1) is 9.19. The zero-order valence-electron chi connectivity index (χ0n) is 11.8. The maximum absolute atomic E-state index is 5.45. The standard InChI is InChI=1S/C17H21NO/c1-4-19-17-10-8-15(9-11-17)14(3)18-16-7-5-6-13(2)12-16/h5-12,14,18H,4H2,1-3H3. The predicted molar refractivity (Wildman–Crippen MR) is 80.8 cm³/mol. The Bertz CT molecular complexity index is 519. The molecule has 1 atom stereocenters. The van der Waals surface area contributed by atoms with Crippen LogP contribution in [0, 0.1) is 6.92 Å². The van der Waals surface area contributed by atoms with Gasteiger partial charge in [-0.1, -0.05) is 24.3 Å². The number of benzene rings is 2. The summed E-state index contributed by atoms with van der Waals surface area (Å²) in [6.45, 7) is 6.97. The maximum atomic E-state index is 5.45. The second-order valence-electron chi connectivity index (χ2n) is 4.74. The van der Waals surface area contributed by atoms with Crippen molar-refractivity contribution in [3.63, 3.8) is 0 Å². The second kappa shape index (κ2) is 6.28. The molecule has 100 valence electrons. The van der Waals surface area contributed by atoms with Gasteiger partial charge in [0.2, 0.25) is 0 Å². The van der Waals surface area contributed by atoms with Crippen molar-refractivity contribution < 1.29 is 4.74 Å². The van der Waals surface area contributed by atoms with Gasteiger partial charge in [0.25, 0.3) is 0 Å². The van der Waals surface area contributed by atoms with E-state index >= 15 is 0 Å². The highest BCUT2D eigenvalue weighted by molar-refractivity contribution is 5.47. The number of hydrogen-bond donors (Lipinski definition) is 1. The van der Waals surface area contributed by atoms with Gasteiger partial charge in [-0.15, -0.1) is 0 Å². The lowest BCUT2D eigenvalue weighted by molar-refractivity contribution is 0.340. The van der Waals surface area contributed by atoms with Crippen LogP contribution in [0.25, 0.3) is 0 Å². The molecule has 2 aromatic rings. The average Bonchev–Trinajstić information content (AvgIpc) is 2.40. The monoisotopic (exact) mass is 255 g/mol. The summed E-state index contributed by atoms with van der Waals surface area (Å²) in [6, 6.07) is 17.0. The number of rotatable bonds is 5. The molecule has 0 saturated carbocycles. The number of hydrogen-bond acceptors (Lipinski definition) is 2. The van der Waals surface area contributed by atoms with Gasteiger partial charge in [-0.05, 0) is 56.2 Å². The summed E-state index contributed by atoms with van der Waals surface area (Å²) >= 11 is 0. The minimum absolute atomic E-state index is 0.275. The van der Waals surface area contributed by atoms with Crippen LogP contribution >= 0.6 is 0 Å². The SMILES string of the molecule is CCOc1ccc(C(C)Nc2cccc(C)c2)cc1. The zero-order chi connectivity index (χ0) is 13.7. The molecule has 0 aliphatic heterocycles. The van der Waals surface area contributed by atoms with E-state index in [0.29, 0.717) is 6.61 Å². The highest BCUT2D eigenvalue weighted by Crippen LogP contribution is 2.22. The molecule has 0 aliphatic carbocycles. The molecule has 0 fully saturated rings. The Hall–Kier alpha value is -1.96. The minimum Gasteiger partial charge on any atom is -0.494 e. The molecule has 2 aromatic carbocycles. The Labute approximate surface area is 115 Å². The van der Waals surface area contributed by atoms with Crippen LogP contribution in [-0.2, 0) is 0 Å². The molecule has 19 heavy (non-hydrogen) atoms. The largest absolute Gasteiger partial charge is 0.494 e. The van der Waals surface area contributed by atoms with Crippen molar-refractivity contribution in [2.24, 2.45) is 0 Å². The molecule has 1 N–H and O–H groups in total. The van der Waals surface area contributed by atoms with E-state index < -0.39 is 0 Å². The molecule has 0 bridgehead atoms. The molecule has 0 aliphatic rings. The molecule has 2 rings (SSSR count). The minimum atomic E-state index is 0.275. The van der Waals surface area contributed by atoms with Crippen LogP contribution in [0.1, 0.15) is 31.0 Å². The van der Waals surface area contributed by atoms with E-state index in [1.54, 1.807) is 0 Å². The molecule has 0 radical (unpaired) electrons. The molecule has 2 heteroatoms.